The Kier molecular flexibility index (Phi) is 2.75. The van der Waals surface area contributed by atoms with Gasteiger partial charge in [-0.2, -0.15) is 0 Å². The van der Waals surface area contributed by atoms with Crippen LogP contribution >= 0.6 is 0 Å². The Hall–Kier alpha value is -0.0800. The Morgan fingerprint density at radius 3 is 2.62 bits per heavy atom. The van der Waals surface area contributed by atoms with Gasteiger partial charge in [-0.1, -0.05) is 26.2 Å². The Morgan fingerprint density at radius 1 is 1.12 bits per heavy atom. The number of fused-ring (bicyclic) bond motifs is 1. The van der Waals surface area contributed by atoms with Gasteiger partial charge in [-0.15, -0.1) is 0 Å². The van der Waals surface area contributed by atoms with Crippen molar-refractivity contribution in [1.29, 1.82) is 0 Å². The molecule has 3 rings (SSSR count). The van der Waals surface area contributed by atoms with E-state index in [2.05, 4.69) is 11.8 Å². The maximum atomic E-state index is 10.9. The van der Waals surface area contributed by atoms with Crippen molar-refractivity contribution in [1.82, 2.24) is 4.90 Å². The normalized spacial score (nSPS) is 46.1. The minimum Gasteiger partial charge on any atom is -0.387 e. The molecule has 2 nitrogen and oxygen atoms in total. The number of hydrogen-bond acceptors (Lipinski definition) is 2. The third-order valence-corrected chi connectivity index (χ3v) is 5.32. The van der Waals surface area contributed by atoms with E-state index < -0.39 is 0 Å². The number of aliphatic hydroxyl groups is 1. The van der Waals surface area contributed by atoms with Crippen molar-refractivity contribution >= 4 is 0 Å². The first-order valence-electron chi connectivity index (χ1n) is 7.16. The van der Waals surface area contributed by atoms with E-state index in [4.69, 9.17) is 0 Å². The molecule has 3 aliphatic rings. The van der Waals surface area contributed by atoms with E-state index in [-0.39, 0.29) is 5.60 Å². The standard InChI is InChI=1S/C14H25NO/c1-11-7-8-15-10-14(16,13(15)9-11)12-5-3-2-4-6-12/h11-13,16H,2-10H2,1H3/t11-,13+,14-/m1/s1. The van der Waals surface area contributed by atoms with Gasteiger partial charge in [-0.3, -0.25) is 4.90 Å². The average Bonchev–Trinajstić information content (AvgIpc) is 2.31. The number of hydrogen-bond donors (Lipinski definition) is 1. The van der Waals surface area contributed by atoms with Crippen molar-refractivity contribution in [3.05, 3.63) is 0 Å². The number of piperidine rings is 1. The van der Waals surface area contributed by atoms with Crippen molar-refractivity contribution in [3.8, 4) is 0 Å². The van der Waals surface area contributed by atoms with Gasteiger partial charge in [0.05, 0.1) is 5.60 Å². The van der Waals surface area contributed by atoms with Crippen LogP contribution in [0.2, 0.25) is 0 Å². The first-order chi connectivity index (χ1) is 7.70. The molecule has 2 heteroatoms. The van der Waals surface area contributed by atoms with Crippen LogP contribution in [0.5, 0.6) is 0 Å². The second-order valence-corrected chi connectivity index (χ2v) is 6.44. The van der Waals surface area contributed by atoms with E-state index in [9.17, 15) is 5.11 Å². The van der Waals surface area contributed by atoms with Crippen molar-refractivity contribution in [2.45, 2.75) is 63.5 Å². The van der Waals surface area contributed by atoms with Crippen LogP contribution in [0.4, 0.5) is 0 Å². The van der Waals surface area contributed by atoms with Crippen molar-refractivity contribution in [2.75, 3.05) is 13.1 Å². The molecule has 0 aromatic rings. The summed E-state index contributed by atoms with van der Waals surface area (Å²) in [5.74, 6) is 1.42. The topological polar surface area (TPSA) is 23.5 Å². The maximum absolute atomic E-state index is 10.9. The highest BCUT2D eigenvalue weighted by atomic mass is 16.3. The highest BCUT2D eigenvalue weighted by molar-refractivity contribution is 5.10. The molecule has 16 heavy (non-hydrogen) atoms. The highest BCUT2D eigenvalue weighted by Crippen LogP contribution is 2.46. The van der Waals surface area contributed by atoms with Gasteiger partial charge in [0.1, 0.15) is 0 Å². The van der Waals surface area contributed by atoms with Crippen LogP contribution in [0.1, 0.15) is 51.9 Å². The molecule has 0 aromatic carbocycles. The summed E-state index contributed by atoms with van der Waals surface area (Å²) in [6, 6.07) is 0.499. The summed E-state index contributed by atoms with van der Waals surface area (Å²) in [5.41, 5.74) is -0.310. The van der Waals surface area contributed by atoms with Crippen LogP contribution in [0.15, 0.2) is 0 Å². The third kappa shape index (κ3) is 1.62. The summed E-state index contributed by atoms with van der Waals surface area (Å²) in [5, 5.41) is 10.9. The predicted molar refractivity (Wildman–Crippen MR) is 65.3 cm³/mol. The quantitative estimate of drug-likeness (QED) is 0.738. The lowest BCUT2D eigenvalue weighted by molar-refractivity contribution is -0.206. The van der Waals surface area contributed by atoms with Gasteiger partial charge in [0.2, 0.25) is 0 Å². The zero-order valence-electron chi connectivity index (χ0n) is 10.5. The minimum atomic E-state index is -0.310. The first-order valence-corrected chi connectivity index (χ1v) is 7.16. The molecule has 3 fully saturated rings. The Labute approximate surface area is 99.0 Å². The lowest BCUT2D eigenvalue weighted by Gasteiger charge is -2.61. The summed E-state index contributed by atoms with van der Waals surface area (Å²) in [7, 11) is 0. The summed E-state index contributed by atoms with van der Waals surface area (Å²) in [6.07, 6.45) is 9.18. The zero-order valence-corrected chi connectivity index (χ0v) is 10.5. The Bertz CT molecular complexity index is 261. The first kappa shape index (κ1) is 11.0. The SMILES string of the molecule is C[C@@H]1CCN2C[C@@](O)(C3CCCCC3)[C@@H]2C1. The van der Waals surface area contributed by atoms with Gasteiger partial charge in [-0.25, -0.2) is 0 Å². The molecule has 1 N–H and O–H groups in total. The number of nitrogens with zero attached hydrogens (tertiary/aromatic N) is 1. The largest absolute Gasteiger partial charge is 0.387 e. The van der Waals surface area contributed by atoms with Crippen LogP contribution in [-0.2, 0) is 0 Å². The molecule has 0 amide bonds. The van der Waals surface area contributed by atoms with E-state index in [0.29, 0.717) is 12.0 Å². The van der Waals surface area contributed by atoms with Gasteiger partial charge in [0, 0.05) is 12.6 Å². The van der Waals surface area contributed by atoms with Crippen LogP contribution in [0.3, 0.4) is 0 Å². The van der Waals surface area contributed by atoms with Gasteiger partial charge in [0.25, 0.3) is 0 Å². The van der Waals surface area contributed by atoms with Crippen LogP contribution in [0.25, 0.3) is 0 Å². The summed E-state index contributed by atoms with van der Waals surface area (Å²) >= 11 is 0. The lowest BCUT2D eigenvalue weighted by Crippen LogP contribution is -2.74. The van der Waals surface area contributed by atoms with E-state index in [1.54, 1.807) is 0 Å². The molecule has 2 saturated heterocycles. The van der Waals surface area contributed by atoms with E-state index >= 15 is 0 Å². The van der Waals surface area contributed by atoms with Crippen LogP contribution in [-0.4, -0.2) is 34.7 Å². The summed E-state index contributed by atoms with van der Waals surface area (Å²) in [4.78, 5) is 2.52. The molecular weight excluding hydrogens is 198 g/mol. The van der Waals surface area contributed by atoms with Crippen molar-refractivity contribution in [3.63, 3.8) is 0 Å². The predicted octanol–water partition coefficient (Wildman–Crippen LogP) is 2.41. The molecule has 0 unspecified atom stereocenters. The lowest BCUT2D eigenvalue weighted by atomic mass is 9.64. The molecule has 3 atom stereocenters. The second kappa shape index (κ2) is 3.99. The fourth-order valence-corrected chi connectivity index (χ4v) is 4.22. The average molecular weight is 223 g/mol. The van der Waals surface area contributed by atoms with Crippen molar-refractivity contribution in [2.24, 2.45) is 11.8 Å². The van der Waals surface area contributed by atoms with Gasteiger partial charge in [0.15, 0.2) is 0 Å². The minimum absolute atomic E-state index is 0.310. The van der Waals surface area contributed by atoms with Gasteiger partial charge in [-0.05, 0) is 44.1 Å². The molecule has 2 heterocycles. The Morgan fingerprint density at radius 2 is 1.88 bits per heavy atom. The molecule has 0 spiro atoms. The summed E-state index contributed by atoms with van der Waals surface area (Å²) < 4.78 is 0. The molecule has 1 saturated carbocycles. The zero-order chi connectivity index (χ0) is 11.2. The summed E-state index contributed by atoms with van der Waals surface area (Å²) in [6.45, 7) is 4.53. The molecule has 2 aliphatic heterocycles. The molecule has 92 valence electrons. The molecular formula is C14H25NO. The smallest absolute Gasteiger partial charge is 0.0956 e. The maximum Gasteiger partial charge on any atom is 0.0956 e. The van der Waals surface area contributed by atoms with E-state index in [1.807, 2.05) is 0 Å². The van der Waals surface area contributed by atoms with E-state index in [0.717, 1.165) is 12.5 Å². The molecule has 1 aliphatic carbocycles. The Balaban J connectivity index is 1.69. The van der Waals surface area contributed by atoms with Gasteiger partial charge >= 0.3 is 0 Å². The second-order valence-electron chi connectivity index (χ2n) is 6.44. The molecule has 0 aromatic heterocycles. The fraction of sp³-hybridized carbons (Fsp3) is 1.00. The van der Waals surface area contributed by atoms with E-state index in [1.165, 1.54) is 51.5 Å². The molecule has 0 radical (unpaired) electrons. The fourth-order valence-electron chi connectivity index (χ4n) is 4.22. The van der Waals surface area contributed by atoms with Crippen LogP contribution in [0, 0.1) is 11.8 Å². The molecule has 0 bridgehead atoms. The monoisotopic (exact) mass is 223 g/mol. The van der Waals surface area contributed by atoms with Crippen molar-refractivity contribution < 1.29 is 5.11 Å². The van der Waals surface area contributed by atoms with Crippen LogP contribution < -0.4 is 0 Å². The van der Waals surface area contributed by atoms with Gasteiger partial charge < -0.3 is 5.11 Å². The third-order valence-electron chi connectivity index (χ3n) is 5.32. The highest BCUT2D eigenvalue weighted by Gasteiger charge is 2.56. The number of rotatable bonds is 1.